The van der Waals surface area contributed by atoms with Gasteiger partial charge in [0.2, 0.25) is 0 Å². The summed E-state index contributed by atoms with van der Waals surface area (Å²) < 4.78 is 9.17. The van der Waals surface area contributed by atoms with Crippen molar-refractivity contribution in [3.63, 3.8) is 0 Å². The average molecular weight is 198 g/mol. The highest BCUT2D eigenvalue weighted by Crippen LogP contribution is 2.22. The highest BCUT2D eigenvalue weighted by molar-refractivity contribution is 5.90. The molecule has 0 saturated heterocycles. The Morgan fingerprint density at radius 2 is 2.14 bits per heavy atom. The molecule has 2 N–H and O–H groups in total. The molecule has 5 heteroatoms. The number of ether oxygens (including phenoxy) is 2. The molecule has 0 amide bonds. The van der Waals surface area contributed by atoms with E-state index in [9.17, 15) is 9.90 Å². The monoisotopic (exact) mass is 198 g/mol. The minimum atomic E-state index is -0.580. The molecule has 14 heavy (non-hydrogen) atoms. The molecule has 0 heterocycles. The number of benzene rings is 1. The predicted molar refractivity (Wildman–Crippen MR) is 47.2 cm³/mol. The van der Waals surface area contributed by atoms with Crippen molar-refractivity contribution in [2.45, 2.75) is 0 Å². The number of phenols is 1. The molecular weight excluding hydrogens is 188 g/mol. The van der Waals surface area contributed by atoms with E-state index in [1.165, 1.54) is 25.3 Å². The number of esters is 1. The van der Waals surface area contributed by atoms with Gasteiger partial charge in [-0.2, -0.15) is 0 Å². The normalized spacial score (nSPS) is 9.57. The summed E-state index contributed by atoms with van der Waals surface area (Å²) in [7, 11) is 1.24. The molecule has 0 aliphatic rings. The first kappa shape index (κ1) is 10.3. The summed E-state index contributed by atoms with van der Waals surface area (Å²) >= 11 is 0. The number of hydrogen-bond donors (Lipinski definition) is 2. The first-order valence-electron chi connectivity index (χ1n) is 3.83. The number of aromatic hydroxyl groups is 1. The van der Waals surface area contributed by atoms with Gasteiger partial charge in [0.05, 0.1) is 12.7 Å². The summed E-state index contributed by atoms with van der Waals surface area (Å²) in [5, 5.41) is 17.7. The summed E-state index contributed by atoms with van der Waals surface area (Å²) in [4.78, 5) is 11.1. The molecule has 0 fully saturated rings. The molecule has 76 valence electrons. The number of aliphatic hydroxyl groups is 1. The summed E-state index contributed by atoms with van der Waals surface area (Å²) in [6.45, 7) is -0.524. The molecule has 1 rings (SSSR count). The molecule has 0 saturated carbocycles. The van der Waals surface area contributed by atoms with Gasteiger partial charge in [0.1, 0.15) is 11.5 Å². The van der Waals surface area contributed by atoms with Gasteiger partial charge in [-0.15, -0.1) is 0 Å². The fourth-order valence-electron chi connectivity index (χ4n) is 0.977. The van der Waals surface area contributed by atoms with Crippen LogP contribution in [0.5, 0.6) is 11.5 Å². The Bertz CT molecular complexity index is 334. The number of aliphatic hydroxyl groups excluding tert-OH is 1. The Kier molecular flexibility index (Phi) is 3.30. The van der Waals surface area contributed by atoms with Crippen LogP contribution in [0.25, 0.3) is 0 Å². The number of carbonyl (C=O) groups is 1. The van der Waals surface area contributed by atoms with E-state index < -0.39 is 12.8 Å². The van der Waals surface area contributed by atoms with Gasteiger partial charge in [0.25, 0.3) is 0 Å². The lowest BCUT2D eigenvalue weighted by Crippen LogP contribution is -2.02. The largest absolute Gasteiger partial charge is 0.508 e. The lowest BCUT2D eigenvalue weighted by Gasteiger charge is -2.05. The van der Waals surface area contributed by atoms with Gasteiger partial charge in [0, 0.05) is 6.07 Å². The van der Waals surface area contributed by atoms with Crippen molar-refractivity contribution in [2.24, 2.45) is 0 Å². The quantitative estimate of drug-likeness (QED) is 0.546. The minimum Gasteiger partial charge on any atom is -0.508 e. The molecule has 0 atom stereocenters. The molecule has 1 aromatic carbocycles. The van der Waals surface area contributed by atoms with Crippen LogP contribution < -0.4 is 4.74 Å². The molecule has 0 aromatic heterocycles. The SMILES string of the molecule is COC(=O)c1cc(O)cc(OCO)c1. The predicted octanol–water partition coefficient (Wildman–Crippen LogP) is 0.507. The standard InChI is InChI=1S/C9H10O5/c1-13-9(12)6-2-7(11)4-8(3-6)14-5-10/h2-4,10-11H,5H2,1H3. The third kappa shape index (κ3) is 2.37. The van der Waals surface area contributed by atoms with E-state index in [2.05, 4.69) is 4.74 Å². The first-order valence-corrected chi connectivity index (χ1v) is 3.83. The van der Waals surface area contributed by atoms with E-state index in [0.29, 0.717) is 0 Å². The fourth-order valence-corrected chi connectivity index (χ4v) is 0.977. The lowest BCUT2D eigenvalue weighted by molar-refractivity contribution is 0.0597. The molecule has 1 aromatic rings. The maximum atomic E-state index is 11.1. The van der Waals surface area contributed by atoms with Crippen LogP contribution in [0.3, 0.4) is 0 Å². The third-order valence-electron chi connectivity index (χ3n) is 1.54. The second kappa shape index (κ2) is 4.48. The van der Waals surface area contributed by atoms with Gasteiger partial charge in [-0.25, -0.2) is 4.79 Å². The number of carbonyl (C=O) groups excluding carboxylic acids is 1. The summed E-state index contributed by atoms with van der Waals surface area (Å²) in [5.41, 5.74) is 0.163. The van der Waals surface area contributed by atoms with Crippen molar-refractivity contribution in [1.82, 2.24) is 0 Å². The van der Waals surface area contributed by atoms with Crippen LogP contribution in [0.2, 0.25) is 0 Å². The molecule has 0 spiro atoms. The zero-order chi connectivity index (χ0) is 10.6. The first-order chi connectivity index (χ1) is 6.67. The second-order valence-electron chi connectivity index (χ2n) is 2.48. The molecule has 0 unspecified atom stereocenters. The molecule has 0 radical (unpaired) electrons. The van der Waals surface area contributed by atoms with Gasteiger partial charge < -0.3 is 19.7 Å². The minimum absolute atomic E-state index is 0.128. The third-order valence-corrected chi connectivity index (χ3v) is 1.54. The Balaban J connectivity index is 3.00. The van der Waals surface area contributed by atoms with Crippen LogP contribution in [0, 0.1) is 0 Å². The maximum absolute atomic E-state index is 11.1. The summed E-state index contributed by atoms with van der Waals surface area (Å²) in [5.74, 6) is -0.507. The Hall–Kier alpha value is -1.75. The van der Waals surface area contributed by atoms with Crippen molar-refractivity contribution < 1.29 is 24.5 Å². The average Bonchev–Trinajstić information content (AvgIpc) is 2.16. The zero-order valence-electron chi connectivity index (χ0n) is 7.56. The van der Waals surface area contributed by atoms with Crippen molar-refractivity contribution in [1.29, 1.82) is 0 Å². The second-order valence-corrected chi connectivity index (χ2v) is 2.48. The number of rotatable bonds is 3. The van der Waals surface area contributed by atoms with E-state index in [1.54, 1.807) is 0 Å². The van der Waals surface area contributed by atoms with E-state index >= 15 is 0 Å². The molecule has 0 bridgehead atoms. The van der Waals surface area contributed by atoms with Crippen LogP contribution in [0.15, 0.2) is 18.2 Å². The van der Waals surface area contributed by atoms with E-state index in [0.717, 1.165) is 0 Å². The fraction of sp³-hybridized carbons (Fsp3) is 0.222. The Labute approximate surface area is 80.5 Å². The van der Waals surface area contributed by atoms with Crippen molar-refractivity contribution in [3.8, 4) is 11.5 Å². The lowest BCUT2D eigenvalue weighted by atomic mass is 10.2. The van der Waals surface area contributed by atoms with E-state index in [1.807, 2.05) is 0 Å². The zero-order valence-corrected chi connectivity index (χ0v) is 7.56. The Morgan fingerprint density at radius 1 is 1.43 bits per heavy atom. The van der Waals surface area contributed by atoms with Crippen LogP contribution in [-0.4, -0.2) is 30.1 Å². The smallest absolute Gasteiger partial charge is 0.338 e. The molecule has 5 nitrogen and oxygen atoms in total. The number of methoxy groups -OCH3 is 1. The highest BCUT2D eigenvalue weighted by atomic mass is 16.6. The highest BCUT2D eigenvalue weighted by Gasteiger charge is 2.08. The van der Waals surface area contributed by atoms with E-state index in [-0.39, 0.29) is 17.1 Å². The van der Waals surface area contributed by atoms with Crippen molar-refractivity contribution >= 4 is 5.97 Å². The van der Waals surface area contributed by atoms with Gasteiger partial charge in [0.15, 0.2) is 6.79 Å². The molecule has 0 aliphatic heterocycles. The number of phenolic OH excluding ortho intramolecular Hbond substituents is 1. The summed E-state index contributed by atoms with van der Waals surface area (Å²) in [6.07, 6.45) is 0. The summed E-state index contributed by atoms with van der Waals surface area (Å²) in [6, 6.07) is 3.89. The maximum Gasteiger partial charge on any atom is 0.338 e. The molecular formula is C9H10O5. The van der Waals surface area contributed by atoms with Crippen LogP contribution in [0.1, 0.15) is 10.4 Å². The van der Waals surface area contributed by atoms with Crippen molar-refractivity contribution in [3.05, 3.63) is 23.8 Å². The molecule has 0 aliphatic carbocycles. The number of hydrogen-bond acceptors (Lipinski definition) is 5. The Morgan fingerprint density at radius 3 is 2.71 bits per heavy atom. The van der Waals surface area contributed by atoms with Crippen molar-refractivity contribution in [2.75, 3.05) is 13.9 Å². The van der Waals surface area contributed by atoms with E-state index in [4.69, 9.17) is 9.84 Å². The topological polar surface area (TPSA) is 76.0 Å². The van der Waals surface area contributed by atoms with Gasteiger partial charge in [-0.05, 0) is 12.1 Å². The van der Waals surface area contributed by atoms with Gasteiger partial charge in [-0.1, -0.05) is 0 Å². The van der Waals surface area contributed by atoms with Crippen LogP contribution >= 0.6 is 0 Å². The van der Waals surface area contributed by atoms with Crippen LogP contribution in [0.4, 0.5) is 0 Å². The van der Waals surface area contributed by atoms with Gasteiger partial charge in [-0.3, -0.25) is 0 Å². The van der Waals surface area contributed by atoms with Gasteiger partial charge >= 0.3 is 5.97 Å². The van der Waals surface area contributed by atoms with Crippen LogP contribution in [-0.2, 0) is 4.74 Å².